The van der Waals surface area contributed by atoms with E-state index in [-0.39, 0.29) is 0 Å². The molecule has 0 radical (unpaired) electrons. The highest BCUT2D eigenvalue weighted by Gasteiger charge is 2.00. The van der Waals surface area contributed by atoms with Gasteiger partial charge in [-0.05, 0) is 30.4 Å². The van der Waals surface area contributed by atoms with Gasteiger partial charge in [-0.25, -0.2) is 0 Å². The Labute approximate surface area is 77.4 Å². The summed E-state index contributed by atoms with van der Waals surface area (Å²) in [7, 11) is 0. The lowest BCUT2D eigenvalue weighted by Gasteiger charge is -2.01. The first-order chi connectivity index (χ1) is 5.77. The normalized spacial score (nSPS) is 9.42. The second-order valence-electron chi connectivity index (χ2n) is 2.54. The topological polar surface area (TPSA) is 23.8 Å². The Morgan fingerprint density at radius 2 is 2.25 bits per heavy atom. The van der Waals surface area contributed by atoms with Crippen molar-refractivity contribution in [3.8, 4) is 6.07 Å². The van der Waals surface area contributed by atoms with Gasteiger partial charge in [-0.15, -0.1) is 11.8 Å². The van der Waals surface area contributed by atoms with Crippen LogP contribution in [0.5, 0.6) is 0 Å². The van der Waals surface area contributed by atoms with E-state index in [4.69, 9.17) is 5.26 Å². The maximum absolute atomic E-state index is 8.81. The smallest absolute Gasteiger partial charge is 0.100 e. The van der Waals surface area contributed by atoms with Crippen molar-refractivity contribution in [2.24, 2.45) is 0 Å². The molecule has 1 rings (SSSR count). The lowest BCUT2D eigenvalue weighted by atomic mass is 10.2. The van der Waals surface area contributed by atoms with Crippen LogP contribution in [0.1, 0.15) is 18.1 Å². The van der Waals surface area contributed by atoms with E-state index >= 15 is 0 Å². The van der Waals surface area contributed by atoms with Gasteiger partial charge in [0.1, 0.15) is 6.07 Å². The number of hydrogen-bond acceptors (Lipinski definition) is 2. The molecule has 0 spiro atoms. The van der Waals surface area contributed by atoms with Crippen LogP contribution in [0.3, 0.4) is 0 Å². The van der Waals surface area contributed by atoms with Crippen LogP contribution in [0.25, 0.3) is 0 Å². The van der Waals surface area contributed by atoms with Crippen molar-refractivity contribution in [1.29, 1.82) is 5.26 Å². The minimum Gasteiger partial charge on any atom is -0.192 e. The van der Waals surface area contributed by atoms with Gasteiger partial charge >= 0.3 is 0 Å². The number of nitriles is 1. The molecule has 0 fully saturated rings. The molecule has 0 atom stereocenters. The molecule has 0 aliphatic carbocycles. The molecule has 0 aliphatic heterocycles. The minimum absolute atomic E-state index is 0.793. The van der Waals surface area contributed by atoms with Gasteiger partial charge < -0.3 is 0 Å². The van der Waals surface area contributed by atoms with Crippen LogP contribution in [-0.2, 0) is 0 Å². The summed E-state index contributed by atoms with van der Waals surface area (Å²) in [4.78, 5) is 1.09. The summed E-state index contributed by atoms with van der Waals surface area (Å²) in [6.45, 7) is 4.09. The molecule has 2 heteroatoms. The molecule has 0 heterocycles. The average molecular weight is 177 g/mol. The Hall–Kier alpha value is -0.940. The fourth-order valence-corrected chi connectivity index (χ4v) is 1.75. The Morgan fingerprint density at radius 3 is 2.83 bits per heavy atom. The molecule has 0 bridgehead atoms. The molecule has 62 valence electrons. The van der Waals surface area contributed by atoms with E-state index in [0.29, 0.717) is 0 Å². The first-order valence-corrected chi connectivity index (χ1v) is 4.90. The predicted molar refractivity (Wildman–Crippen MR) is 52.3 cm³/mol. The standard InChI is InChI=1S/C10H11NS/c1-3-12-10-5-4-8(2)6-9(10)7-11/h4-6H,3H2,1-2H3. The summed E-state index contributed by atoms with van der Waals surface area (Å²) < 4.78 is 0. The lowest BCUT2D eigenvalue weighted by molar-refractivity contribution is 1.31. The molecule has 0 saturated heterocycles. The summed E-state index contributed by atoms with van der Waals surface area (Å²) in [5, 5.41) is 8.81. The number of benzene rings is 1. The maximum atomic E-state index is 8.81. The third-order valence-electron chi connectivity index (χ3n) is 1.56. The number of rotatable bonds is 2. The molecule has 12 heavy (non-hydrogen) atoms. The highest BCUT2D eigenvalue weighted by molar-refractivity contribution is 7.99. The third-order valence-corrected chi connectivity index (χ3v) is 2.51. The van der Waals surface area contributed by atoms with E-state index in [2.05, 4.69) is 13.0 Å². The zero-order chi connectivity index (χ0) is 8.97. The number of aryl methyl sites for hydroxylation is 1. The molecule has 0 aromatic heterocycles. The van der Waals surface area contributed by atoms with Gasteiger partial charge in [-0.2, -0.15) is 5.26 Å². The van der Waals surface area contributed by atoms with Gasteiger partial charge in [-0.3, -0.25) is 0 Å². The van der Waals surface area contributed by atoms with E-state index < -0.39 is 0 Å². The molecular weight excluding hydrogens is 166 g/mol. The Kier molecular flexibility index (Phi) is 3.19. The van der Waals surface area contributed by atoms with Crippen LogP contribution in [-0.4, -0.2) is 5.75 Å². The first-order valence-electron chi connectivity index (χ1n) is 3.91. The maximum Gasteiger partial charge on any atom is 0.100 e. The molecule has 0 unspecified atom stereocenters. The largest absolute Gasteiger partial charge is 0.192 e. The fraction of sp³-hybridized carbons (Fsp3) is 0.300. The molecule has 0 aliphatic rings. The monoisotopic (exact) mass is 177 g/mol. The minimum atomic E-state index is 0.793. The number of nitrogens with zero attached hydrogens (tertiary/aromatic N) is 1. The Bertz CT molecular complexity index is 312. The van der Waals surface area contributed by atoms with Crippen molar-refractivity contribution >= 4 is 11.8 Å². The average Bonchev–Trinajstić information content (AvgIpc) is 2.08. The van der Waals surface area contributed by atoms with Crippen molar-refractivity contribution in [3.63, 3.8) is 0 Å². The number of hydrogen-bond donors (Lipinski definition) is 0. The van der Waals surface area contributed by atoms with Gasteiger partial charge in [-0.1, -0.05) is 13.0 Å². The van der Waals surface area contributed by atoms with Gasteiger partial charge in [0.05, 0.1) is 5.56 Å². The Balaban J connectivity index is 3.05. The summed E-state index contributed by atoms with van der Waals surface area (Å²) in [5.74, 6) is 1.01. The molecule has 1 nitrogen and oxygen atoms in total. The predicted octanol–water partition coefficient (Wildman–Crippen LogP) is 2.98. The van der Waals surface area contributed by atoms with Crippen LogP contribution in [0.4, 0.5) is 0 Å². The van der Waals surface area contributed by atoms with Crippen molar-refractivity contribution in [3.05, 3.63) is 29.3 Å². The summed E-state index contributed by atoms with van der Waals surface area (Å²) in [6.07, 6.45) is 0. The van der Waals surface area contributed by atoms with E-state index in [1.807, 2.05) is 25.1 Å². The quantitative estimate of drug-likeness (QED) is 0.648. The van der Waals surface area contributed by atoms with Crippen molar-refractivity contribution in [2.75, 3.05) is 5.75 Å². The van der Waals surface area contributed by atoms with Crippen molar-refractivity contribution < 1.29 is 0 Å². The number of thioether (sulfide) groups is 1. The van der Waals surface area contributed by atoms with Crippen molar-refractivity contribution in [1.82, 2.24) is 0 Å². The summed E-state index contributed by atoms with van der Waals surface area (Å²) in [6, 6.07) is 8.19. The zero-order valence-electron chi connectivity index (χ0n) is 7.29. The van der Waals surface area contributed by atoms with E-state index in [0.717, 1.165) is 21.8 Å². The zero-order valence-corrected chi connectivity index (χ0v) is 8.11. The molecule has 0 N–H and O–H groups in total. The molecule has 0 saturated carbocycles. The highest BCUT2D eigenvalue weighted by atomic mass is 32.2. The summed E-state index contributed by atoms with van der Waals surface area (Å²) >= 11 is 1.71. The highest BCUT2D eigenvalue weighted by Crippen LogP contribution is 2.22. The molecule has 1 aromatic rings. The third kappa shape index (κ3) is 2.02. The SMILES string of the molecule is CCSc1ccc(C)cc1C#N. The van der Waals surface area contributed by atoms with E-state index in [1.54, 1.807) is 11.8 Å². The van der Waals surface area contributed by atoms with Crippen LogP contribution in [0.15, 0.2) is 23.1 Å². The lowest BCUT2D eigenvalue weighted by Crippen LogP contribution is -1.82. The second-order valence-corrected chi connectivity index (χ2v) is 3.85. The van der Waals surface area contributed by atoms with Crippen LogP contribution < -0.4 is 0 Å². The summed E-state index contributed by atoms with van der Waals surface area (Å²) in [5.41, 5.74) is 1.94. The van der Waals surface area contributed by atoms with Crippen LogP contribution >= 0.6 is 11.8 Å². The second kappa shape index (κ2) is 4.18. The molecule has 0 amide bonds. The van der Waals surface area contributed by atoms with Gasteiger partial charge in [0.2, 0.25) is 0 Å². The molecule has 1 aromatic carbocycles. The fourth-order valence-electron chi connectivity index (χ4n) is 1.01. The van der Waals surface area contributed by atoms with Crippen molar-refractivity contribution in [2.45, 2.75) is 18.7 Å². The van der Waals surface area contributed by atoms with Crippen LogP contribution in [0, 0.1) is 18.3 Å². The Morgan fingerprint density at radius 1 is 1.50 bits per heavy atom. The van der Waals surface area contributed by atoms with Gasteiger partial charge in [0, 0.05) is 4.90 Å². The van der Waals surface area contributed by atoms with E-state index in [9.17, 15) is 0 Å². The molecular formula is C10H11NS. The van der Waals surface area contributed by atoms with E-state index in [1.165, 1.54) is 0 Å². The van der Waals surface area contributed by atoms with Crippen LogP contribution in [0.2, 0.25) is 0 Å². The first kappa shape index (κ1) is 9.15. The van der Waals surface area contributed by atoms with Gasteiger partial charge in [0.15, 0.2) is 0 Å². The van der Waals surface area contributed by atoms with Gasteiger partial charge in [0.25, 0.3) is 0 Å².